The van der Waals surface area contributed by atoms with Crippen molar-refractivity contribution < 1.29 is 32.3 Å². The van der Waals surface area contributed by atoms with Crippen molar-refractivity contribution in [2.24, 2.45) is 0 Å². The number of hydrogen-bond donors (Lipinski definition) is 1. The van der Waals surface area contributed by atoms with Crippen LogP contribution in [0.4, 0.5) is 13.2 Å². The van der Waals surface area contributed by atoms with Crippen LogP contribution in [0.3, 0.4) is 0 Å². The van der Waals surface area contributed by atoms with Crippen molar-refractivity contribution in [2.75, 3.05) is 0 Å². The summed E-state index contributed by atoms with van der Waals surface area (Å²) in [5.74, 6) is -0.979. The number of carbonyl (C=O) groups excluding carboxylic acids is 3. The summed E-state index contributed by atoms with van der Waals surface area (Å²) in [7, 11) is 0. The SMILES string of the molecule is Cc1cc2c(cc1CC(=O)Cc1ccnc(C(=O)NC3(C(F)(F)F)CC3)c1)OC(=O)C2(C)C. The molecule has 1 amide bonds. The second kappa shape index (κ2) is 7.67. The molecule has 1 aliphatic heterocycles. The molecule has 1 aromatic heterocycles. The van der Waals surface area contributed by atoms with Crippen LogP contribution in [0.2, 0.25) is 0 Å². The average Bonchev–Trinajstić information content (AvgIpc) is 3.47. The molecule has 0 spiro atoms. The maximum absolute atomic E-state index is 13.1. The topological polar surface area (TPSA) is 85.4 Å². The number of aromatic nitrogens is 1. The van der Waals surface area contributed by atoms with Gasteiger partial charge < -0.3 is 10.1 Å². The molecule has 0 saturated heterocycles. The average molecular weight is 460 g/mol. The third-order valence-corrected chi connectivity index (χ3v) is 6.32. The van der Waals surface area contributed by atoms with Gasteiger partial charge in [0.25, 0.3) is 5.91 Å². The molecule has 2 aliphatic rings. The molecule has 2 aromatic rings. The minimum absolute atomic E-state index is 0.0188. The van der Waals surface area contributed by atoms with Crippen LogP contribution >= 0.6 is 0 Å². The first-order valence-electron chi connectivity index (χ1n) is 10.5. The zero-order chi connectivity index (χ0) is 24.2. The van der Waals surface area contributed by atoms with Crippen LogP contribution in [0.5, 0.6) is 5.75 Å². The first-order chi connectivity index (χ1) is 15.3. The third kappa shape index (κ3) is 4.24. The predicted octanol–water partition coefficient (Wildman–Crippen LogP) is 3.77. The number of amides is 1. The first kappa shape index (κ1) is 22.9. The summed E-state index contributed by atoms with van der Waals surface area (Å²) in [6, 6.07) is 6.43. The molecule has 1 saturated carbocycles. The number of aryl methyl sites for hydroxylation is 1. The Morgan fingerprint density at radius 1 is 1.15 bits per heavy atom. The highest BCUT2D eigenvalue weighted by molar-refractivity contribution is 5.94. The zero-order valence-electron chi connectivity index (χ0n) is 18.4. The maximum atomic E-state index is 13.1. The van der Waals surface area contributed by atoms with Gasteiger partial charge in [0.05, 0.1) is 5.41 Å². The molecule has 1 fully saturated rings. The van der Waals surface area contributed by atoms with Crippen molar-refractivity contribution in [3.8, 4) is 5.75 Å². The fraction of sp³-hybridized carbons (Fsp3) is 0.417. The molecule has 1 N–H and O–H groups in total. The molecule has 0 bridgehead atoms. The molecule has 1 aromatic carbocycles. The molecular formula is C24H23F3N2O4. The fourth-order valence-electron chi connectivity index (χ4n) is 3.93. The van der Waals surface area contributed by atoms with E-state index >= 15 is 0 Å². The molecule has 0 atom stereocenters. The standard InChI is InChI=1S/C24H23F3N2O4/c1-13-8-17-19(33-21(32)22(17,2)3)12-15(13)11-16(30)9-14-4-7-28-18(10-14)20(31)29-23(5-6-23)24(25,26)27/h4,7-8,10,12H,5-6,9,11H2,1-3H3,(H,29,31). The Labute approximate surface area is 188 Å². The molecule has 0 unspecified atom stereocenters. The monoisotopic (exact) mass is 460 g/mol. The number of halogens is 3. The molecule has 174 valence electrons. The van der Waals surface area contributed by atoms with Crippen LogP contribution in [0, 0.1) is 6.92 Å². The van der Waals surface area contributed by atoms with E-state index in [0.29, 0.717) is 11.3 Å². The van der Waals surface area contributed by atoms with Crippen molar-refractivity contribution in [3.05, 3.63) is 58.4 Å². The second-order valence-electron chi connectivity index (χ2n) is 9.26. The highest BCUT2D eigenvalue weighted by Crippen LogP contribution is 2.49. The van der Waals surface area contributed by atoms with Gasteiger partial charge in [0.1, 0.15) is 22.8 Å². The van der Waals surface area contributed by atoms with Gasteiger partial charge in [-0.1, -0.05) is 6.07 Å². The third-order valence-electron chi connectivity index (χ3n) is 6.32. The van der Waals surface area contributed by atoms with Gasteiger partial charge >= 0.3 is 12.1 Å². The van der Waals surface area contributed by atoms with Crippen LogP contribution in [-0.2, 0) is 27.8 Å². The Hall–Kier alpha value is -3.23. The number of nitrogens with zero attached hydrogens (tertiary/aromatic N) is 1. The number of pyridine rings is 1. The van der Waals surface area contributed by atoms with E-state index in [0.717, 1.165) is 16.7 Å². The molecule has 6 nitrogen and oxygen atoms in total. The summed E-state index contributed by atoms with van der Waals surface area (Å²) < 4.78 is 44.7. The van der Waals surface area contributed by atoms with E-state index in [4.69, 9.17) is 4.74 Å². The van der Waals surface area contributed by atoms with Crippen molar-refractivity contribution >= 4 is 17.7 Å². The summed E-state index contributed by atoms with van der Waals surface area (Å²) in [4.78, 5) is 40.9. The van der Waals surface area contributed by atoms with Crippen LogP contribution in [-0.4, -0.2) is 34.4 Å². The molecular weight excluding hydrogens is 437 g/mol. The summed E-state index contributed by atoms with van der Waals surface area (Å²) in [6.07, 6.45) is -3.48. The van der Waals surface area contributed by atoms with Gasteiger partial charge in [-0.25, -0.2) is 0 Å². The summed E-state index contributed by atoms with van der Waals surface area (Å²) >= 11 is 0. The summed E-state index contributed by atoms with van der Waals surface area (Å²) in [5.41, 5.74) is -0.273. The van der Waals surface area contributed by atoms with E-state index in [-0.39, 0.29) is 43.1 Å². The van der Waals surface area contributed by atoms with Crippen molar-refractivity contribution in [2.45, 2.75) is 63.6 Å². The summed E-state index contributed by atoms with van der Waals surface area (Å²) in [5, 5.41) is 2.03. The number of alkyl halides is 3. The molecule has 0 radical (unpaired) electrons. The van der Waals surface area contributed by atoms with Gasteiger partial charge in [-0.15, -0.1) is 0 Å². The number of nitrogens with one attached hydrogen (secondary N) is 1. The molecule has 9 heteroatoms. The Bertz CT molecular complexity index is 1170. The number of ketones is 1. The van der Waals surface area contributed by atoms with E-state index in [1.165, 1.54) is 12.3 Å². The van der Waals surface area contributed by atoms with Gasteiger partial charge in [-0.3, -0.25) is 19.4 Å². The van der Waals surface area contributed by atoms with E-state index in [1.807, 2.05) is 18.3 Å². The van der Waals surface area contributed by atoms with Crippen molar-refractivity contribution in [1.29, 1.82) is 0 Å². The molecule has 1 aliphatic carbocycles. The zero-order valence-corrected chi connectivity index (χ0v) is 18.4. The van der Waals surface area contributed by atoms with Gasteiger partial charge in [-0.05, 0) is 68.5 Å². The quantitative estimate of drug-likeness (QED) is 0.524. The highest BCUT2D eigenvalue weighted by atomic mass is 19.4. The first-order valence-corrected chi connectivity index (χ1v) is 10.5. The van der Waals surface area contributed by atoms with Crippen LogP contribution < -0.4 is 10.1 Å². The lowest BCUT2D eigenvalue weighted by molar-refractivity contribution is -0.163. The fourth-order valence-corrected chi connectivity index (χ4v) is 3.93. The number of carbonyl (C=O) groups is 3. The highest BCUT2D eigenvalue weighted by Gasteiger charge is 2.64. The second-order valence-corrected chi connectivity index (χ2v) is 9.26. The number of esters is 1. The number of ether oxygens (including phenoxy) is 1. The summed E-state index contributed by atoms with van der Waals surface area (Å²) in [6.45, 7) is 5.41. The van der Waals surface area contributed by atoms with Crippen molar-refractivity contribution in [3.63, 3.8) is 0 Å². The molecule has 2 heterocycles. The number of fused-ring (bicyclic) bond motifs is 1. The Morgan fingerprint density at radius 2 is 1.85 bits per heavy atom. The van der Waals surface area contributed by atoms with E-state index in [9.17, 15) is 27.6 Å². The Morgan fingerprint density at radius 3 is 2.48 bits per heavy atom. The van der Waals surface area contributed by atoms with E-state index in [1.54, 1.807) is 26.0 Å². The number of benzene rings is 1. The van der Waals surface area contributed by atoms with Gasteiger partial charge in [0.2, 0.25) is 0 Å². The minimum atomic E-state index is -4.52. The van der Waals surface area contributed by atoms with E-state index in [2.05, 4.69) is 4.98 Å². The number of rotatable bonds is 6. The number of hydrogen-bond acceptors (Lipinski definition) is 5. The lowest BCUT2D eigenvalue weighted by Gasteiger charge is -2.20. The maximum Gasteiger partial charge on any atom is 0.411 e. The molecule has 33 heavy (non-hydrogen) atoms. The molecule has 4 rings (SSSR count). The minimum Gasteiger partial charge on any atom is -0.426 e. The van der Waals surface area contributed by atoms with Gasteiger partial charge in [-0.2, -0.15) is 13.2 Å². The lowest BCUT2D eigenvalue weighted by Crippen LogP contribution is -2.48. The lowest BCUT2D eigenvalue weighted by atomic mass is 9.84. The smallest absolute Gasteiger partial charge is 0.411 e. The van der Waals surface area contributed by atoms with E-state index < -0.39 is 23.0 Å². The Balaban J connectivity index is 1.45. The predicted molar refractivity (Wildman–Crippen MR) is 112 cm³/mol. The van der Waals surface area contributed by atoms with Crippen LogP contribution in [0.1, 0.15) is 59.4 Å². The largest absolute Gasteiger partial charge is 0.426 e. The van der Waals surface area contributed by atoms with Crippen molar-refractivity contribution in [1.82, 2.24) is 10.3 Å². The van der Waals surface area contributed by atoms with Crippen LogP contribution in [0.25, 0.3) is 0 Å². The normalized spacial score (nSPS) is 17.8. The van der Waals surface area contributed by atoms with Crippen LogP contribution in [0.15, 0.2) is 30.5 Å². The van der Waals surface area contributed by atoms with Gasteiger partial charge in [0, 0.05) is 24.6 Å². The number of Topliss-reactive ketones (excluding diaryl/α,β-unsaturated/α-hetero) is 1. The van der Waals surface area contributed by atoms with Gasteiger partial charge in [0.15, 0.2) is 0 Å². The Kier molecular flexibility index (Phi) is 5.34.